The van der Waals surface area contributed by atoms with Crippen molar-refractivity contribution in [3.63, 3.8) is 0 Å². The minimum Gasteiger partial charge on any atom is -0.354 e. The van der Waals surface area contributed by atoms with Crippen LogP contribution in [0.2, 0.25) is 0 Å². The average molecular weight is 286 g/mol. The predicted molar refractivity (Wildman–Crippen MR) is 84.8 cm³/mol. The zero-order valence-corrected chi connectivity index (χ0v) is 12.1. The number of para-hydroxylation sites is 1. The van der Waals surface area contributed by atoms with E-state index in [4.69, 9.17) is 11.6 Å². The summed E-state index contributed by atoms with van der Waals surface area (Å²) in [6, 6.07) is 13.8. The highest BCUT2D eigenvalue weighted by Crippen LogP contribution is 2.23. The first kappa shape index (κ1) is 13.2. The molecule has 20 heavy (non-hydrogen) atoms. The molecule has 3 heteroatoms. The van der Waals surface area contributed by atoms with Crippen LogP contribution in [-0.2, 0) is 6.42 Å². The summed E-state index contributed by atoms with van der Waals surface area (Å²) < 4.78 is 0. The van der Waals surface area contributed by atoms with Crippen LogP contribution in [0, 0.1) is 0 Å². The van der Waals surface area contributed by atoms with Crippen LogP contribution in [0.25, 0.3) is 22.2 Å². The smallest absolute Gasteiger partial charge is 0.191 e. The second-order valence-electron chi connectivity index (χ2n) is 5.08. The van der Waals surface area contributed by atoms with Gasteiger partial charge in [-0.15, -0.1) is 11.6 Å². The molecule has 1 aromatic rings. The number of hydrogen-bond acceptors (Lipinski definition) is 1. The normalized spacial score (nSPS) is 12.9. The van der Waals surface area contributed by atoms with E-state index < -0.39 is 0 Å². The molecule has 1 aliphatic heterocycles. The van der Waals surface area contributed by atoms with E-state index in [9.17, 15) is 4.79 Å². The lowest BCUT2D eigenvalue weighted by molar-refractivity contribution is 0.801. The van der Waals surface area contributed by atoms with Gasteiger partial charge in [0.25, 0.3) is 0 Å². The first-order chi connectivity index (χ1) is 9.69. The van der Waals surface area contributed by atoms with Gasteiger partial charge in [-0.2, -0.15) is 0 Å². The highest BCUT2D eigenvalue weighted by molar-refractivity contribution is 6.20. The Balaban J connectivity index is 2.19. The summed E-state index contributed by atoms with van der Waals surface area (Å²) in [5, 5.41) is 1.07. The average Bonchev–Trinajstić information content (AvgIpc) is 2.48. The van der Waals surface area contributed by atoms with Crippen LogP contribution in [0.3, 0.4) is 0 Å². The minimum atomic E-state index is 0.0181. The van der Waals surface area contributed by atoms with Gasteiger partial charge in [0.1, 0.15) is 0 Å². The van der Waals surface area contributed by atoms with Crippen molar-refractivity contribution in [2.24, 2.45) is 0 Å². The molecule has 0 spiro atoms. The molecule has 0 saturated heterocycles. The number of aromatic nitrogens is 1. The van der Waals surface area contributed by atoms with E-state index in [1.807, 2.05) is 49.4 Å². The summed E-state index contributed by atoms with van der Waals surface area (Å²) in [6.07, 6.45) is 1.49. The SMILES string of the molecule is CCC(Cl)Cc1ccc2[nH]c3ccccc3cc-2c1=O. The number of benzene rings is 2. The molecule has 1 atom stereocenters. The van der Waals surface area contributed by atoms with E-state index in [1.54, 1.807) is 0 Å². The number of rotatable bonds is 3. The number of alkyl halides is 1. The van der Waals surface area contributed by atoms with Crippen LogP contribution in [0.4, 0.5) is 0 Å². The lowest BCUT2D eigenvalue weighted by atomic mass is 9.99. The summed E-state index contributed by atoms with van der Waals surface area (Å²) in [5.74, 6) is 0. The Morgan fingerprint density at radius 3 is 2.80 bits per heavy atom. The molecule has 0 aromatic heterocycles. The fraction of sp³-hybridized carbons (Fsp3) is 0.235. The Morgan fingerprint density at radius 2 is 2.00 bits per heavy atom. The van der Waals surface area contributed by atoms with Gasteiger partial charge in [0.05, 0.1) is 0 Å². The number of fused-ring (bicyclic) bond motifs is 2. The van der Waals surface area contributed by atoms with Gasteiger partial charge in [0, 0.05) is 27.7 Å². The lowest BCUT2D eigenvalue weighted by Crippen LogP contribution is -2.16. The van der Waals surface area contributed by atoms with E-state index in [-0.39, 0.29) is 10.8 Å². The number of halogens is 1. The van der Waals surface area contributed by atoms with Gasteiger partial charge in [0.2, 0.25) is 0 Å². The quantitative estimate of drug-likeness (QED) is 0.568. The molecule has 2 nitrogen and oxygen atoms in total. The van der Waals surface area contributed by atoms with Crippen molar-refractivity contribution in [2.45, 2.75) is 25.1 Å². The van der Waals surface area contributed by atoms with Gasteiger partial charge in [-0.3, -0.25) is 4.79 Å². The van der Waals surface area contributed by atoms with E-state index >= 15 is 0 Å². The van der Waals surface area contributed by atoms with Gasteiger partial charge in [0.15, 0.2) is 5.43 Å². The van der Waals surface area contributed by atoms with Crippen molar-refractivity contribution in [3.05, 3.63) is 58.3 Å². The van der Waals surface area contributed by atoms with Gasteiger partial charge < -0.3 is 4.98 Å². The standard InChI is InChI=1S/C17H16ClNO/c1-2-13(18)9-12-7-8-16-14(17(12)20)10-11-5-3-4-6-15(11)19-16/h3-8,10,13,19H,2,9H2,1H3. The van der Waals surface area contributed by atoms with Crippen molar-refractivity contribution in [1.82, 2.24) is 4.98 Å². The maximum atomic E-state index is 12.5. The Bertz CT molecular complexity index is 777. The van der Waals surface area contributed by atoms with Gasteiger partial charge in [-0.05, 0) is 36.4 Å². The lowest BCUT2D eigenvalue weighted by Gasteiger charge is -2.11. The van der Waals surface area contributed by atoms with E-state index in [2.05, 4.69) is 4.98 Å². The van der Waals surface area contributed by atoms with Crippen molar-refractivity contribution in [3.8, 4) is 11.3 Å². The summed E-state index contributed by atoms with van der Waals surface area (Å²) in [7, 11) is 0. The molecular formula is C17H16ClNO. The molecule has 0 saturated carbocycles. The zero-order valence-electron chi connectivity index (χ0n) is 11.3. The highest BCUT2D eigenvalue weighted by atomic mass is 35.5. The van der Waals surface area contributed by atoms with Gasteiger partial charge in [-0.25, -0.2) is 0 Å². The van der Waals surface area contributed by atoms with E-state index in [0.717, 1.165) is 34.1 Å². The maximum Gasteiger partial charge on any atom is 0.191 e. The molecule has 0 bridgehead atoms. The van der Waals surface area contributed by atoms with Gasteiger partial charge in [-0.1, -0.05) is 31.2 Å². The molecule has 1 aromatic carbocycles. The third-order valence-electron chi connectivity index (χ3n) is 3.69. The van der Waals surface area contributed by atoms with Crippen LogP contribution in [0.1, 0.15) is 18.9 Å². The molecule has 0 fully saturated rings. The largest absolute Gasteiger partial charge is 0.354 e. The number of H-pyrrole nitrogens is 1. The Morgan fingerprint density at radius 1 is 1.20 bits per heavy atom. The number of aromatic amines is 1. The maximum absolute atomic E-state index is 12.5. The Labute approximate surface area is 122 Å². The molecule has 0 amide bonds. The van der Waals surface area contributed by atoms with Crippen LogP contribution in [0.5, 0.6) is 0 Å². The molecule has 1 unspecified atom stereocenters. The highest BCUT2D eigenvalue weighted by Gasteiger charge is 2.13. The van der Waals surface area contributed by atoms with Crippen molar-refractivity contribution in [2.75, 3.05) is 0 Å². The fourth-order valence-electron chi connectivity index (χ4n) is 2.48. The molecule has 0 radical (unpaired) electrons. The minimum absolute atomic E-state index is 0.0181. The van der Waals surface area contributed by atoms with Crippen LogP contribution in [-0.4, -0.2) is 10.4 Å². The first-order valence-corrected chi connectivity index (χ1v) is 7.30. The van der Waals surface area contributed by atoms with E-state index in [1.165, 1.54) is 0 Å². The number of nitrogens with one attached hydrogen (secondary N) is 1. The molecule has 1 heterocycles. The predicted octanol–water partition coefficient (Wildman–Crippen LogP) is 4.19. The van der Waals surface area contributed by atoms with E-state index in [0.29, 0.717) is 6.42 Å². The molecule has 102 valence electrons. The molecule has 1 aliphatic carbocycles. The third-order valence-corrected chi connectivity index (χ3v) is 4.15. The summed E-state index contributed by atoms with van der Waals surface area (Å²) >= 11 is 6.17. The molecule has 2 aliphatic rings. The topological polar surface area (TPSA) is 32.9 Å². The molecular weight excluding hydrogens is 270 g/mol. The Hall–Kier alpha value is -1.80. The van der Waals surface area contributed by atoms with Crippen LogP contribution >= 0.6 is 11.6 Å². The summed E-state index contributed by atoms with van der Waals surface area (Å²) in [6.45, 7) is 2.03. The second-order valence-corrected chi connectivity index (χ2v) is 5.70. The molecule has 3 rings (SSSR count). The van der Waals surface area contributed by atoms with Gasteiger partial charge >= 0.3 is 0 Å². The Kier molecular flexibility index (Phi) is 3.49. The van der Waals surface area contributed by atoms with Crippen molar-refractivity contribution < 1.29 is 0 Å². The number of hydrogen-bond donors (Lipinski definition) is 1. The third kappa shape index (κ3) is 2.32. The summed E-state index contributed by atoms with van der Waals surface area (Å²) in [5.41, 5.74) is 3.53. The van der Waals surface area contributed by atoms with Crippen LogP contribution in [0.15, 0.2) is 47.3 Å². The second kappa shape index (κ2) is 5.29. The zero-order chi connectivity index (χ0) is 14.1. The molecule has 1 N–H and O–H groups in total. The monoisotopic (exact) mass is 285 g/mol. The number of pyridine rings is 1. The summed E-state index contributed by atoms with van der Waals surface area (Å²) in [4.78, 5) is 15.9. The fourth-order valence-corrected chi connectivity index (χ4v) is 2.64. The van der Waals surface area contributed by atoms with Crippen LogP contribution < -0.4 is 5.43 Å². The van der Waals surface area contributed by atoms with Crippen molar-refractivity contribution >= 4 is 22.5 Å². The first-order valence-electron chi connectivity index (χ1n) is 6.86. The van der Waals surface area contributed by atoms with Crippen molar-refractivity contribution in [1.29, 1.82) is 0 Å².